The zero-order valence-corrected chi connectivity index (χ0v) is 11.6. The van der Waals surface area contributed by atoms with Crippen molar-refractivity contribution in [3.05, 3.63) is 12.2 Å². The van der Waals surface area contributed by atoms with E-state index in [0.29, 0.717) is 6.04 Å². The Bertz CT molecular complexity index is 358. The fourth-order valence-corrected chi connectivity index (χ4v) is 3.68. The van der Waals surface area contributed by atoms with Crippen molar-refractivity contribution in [1.82, 2.24) is 25.8 Å². The van der Waals surface area contributed by atoms with Crippen LogP contribution in [0.4, 0.5) is 0 Å². The predicted octanol–water partition coefficient (Wildman–Crippen LogP) is 1.60. The molecule has 1 saturated heterocycles. The van der Waals surface area contributed by atoms with E-state index in [4.69, 9.17) is 0 Å². The largest absolute Gasteiger partial charge is 0.314 e. The standard InChI is InChI=1S/C14H25N5/c1-2-6-13(16-9-14-17-10-18-19-14)11(5-1)12-7-3-4-8-15-12/h10-13,15-16H,1-9H2,(H,17,18,19). The molecule has 2 heterocycles. The number of piperidine rings is 1. The highest BCUT2D eigenvalue weighted by Gasteiger charge is 2.32. The third kappa shape index (κ3) is 3.34. The van der Waals surface area contributed by atoms with Crippen LogP contribution >= 0.6 is 0 Å². The number of rotatable bonds is 4. The lowest BCUT2D eigenvalue weighted by Gasteiger charge is -2.39. The maximum Gasteiger partial charge on any atom is 0.138 e. The SMILES string of the molecule is c1n[nH]c(CNC2CCCCC2C2CCCCN2)n1. The minimum Gasteiger partial charge on any atom is -0.314 e. The summed E-state index contributed by atoms with van der Waals surface area (Å²) in [5.74, 6) is 1.73. The van der Waals surface area contributed by atoms with E-state index in [9.17, 15) is 0 Å². The second-order valence-corrected chi connectivity index (χ2v) is 5.92. The average Bonchev–Trinajstić information content (AvgIpc) is 3.00. The number of aromatic amines is 1. The molecule has 106 valence electrons. The molecule has 3 unspecified atom stereocenters. The first-order valence-corrected chi connectivity index (χ1v) is 7.74. The van der Waals surface area contributed by atoms with Crippen LogP contribution in [-0.2, 0) is 6.54 Å². The molecule has 0 amide bonds. The minimum atomic E-state index is 0.634. The summed E-state index contributed by atoms with van der Waals surface area (Å²) in [6.07, 6.45) is 11.1. The van der Waals surface area contributed by atoms with Crippen LogP contribution < -0.4 is 10.6 Å². The molecule has 1 aliphatic carbocycles. The van der Waals surface area contributed by atoms with Gasteiger partial charge in [-0.25, -0.2) is 4.98 Å². The Labute approximate surface area is 115 Å². The van der Waals surface area contributed by atoms with Crippen molar-refractivity contribution in [2.45, 2.75) is 63.6 Å². The van der Waals surface area contributed by atoms with Crippen LogP contribution in [0.2, 0.25) is 0 Å². The Morgan fingerprint density at radius 3 is 2.84 bits per heavy atom. The smallest absolute Gasteiger partial charge is 0.138 e. The van der Waals surface area contributed by atoms with Gasteiger partial charge in [-0.05, 0) is 38.1 Å². The summed E-state index contributed by atoms with van der Waals surface area (Å²) in [5, 5.41) is 14.3. The topological polar surface area (TPSA) is 65.6 Å². The van der Waals surface area contributed by atoms with Crippen molar-refractivity contribution in [3.8, 4) is 0 Å². The second-order valence-electron chi connectivity index (χ2n) is 5.92. The second kappa shape index (κ2) is 6.48. The van der Waals surface area contributed by atoms with Crippen LogP contribution in [0.15, 0.2) is 6.33 Å². The molecule has 19 heavy (non-hydrogen) atoms. The van der Waals surface area contributed by atoms with E-state index in [1.165, 1.54) is 51.5 Å². The van der Waals surface area contributed by atoms with Gasteiger partial charge in [-0.1, -0.05) is 19.3 Å². The molecule has 3 atom stereocenters. The van der Waals surface area contributed by atoms with Crippen molar-refractivity contribution in [3.63, 3.8) is 0 Å². The molecule has 1 saturated carbocycles. The Balaban J connectivity index is 1.56. The highest BCUT2D eigenvalue weighted by molar-refractivity contribution is 4.92. The number of H-pyrrole nitrogens is 1. The van der Waals surface area contributed by atoms with Crippen LogP contribution in [0.3, 0.4) is 0 Å². The summed E-state index contributed by atoms with van der Waals surface area (Å²) < 4.78 is 0. The van der Waals surface area contributed by atoms with Gasteiger partial charge in [-0.2, -0.15) is 5.10 Å². The van der Waals surface area contributed by atoms with Gasteiger partial charge in [0, 0.05) is 12.1 Å². The summed E-state index contributed by atoms with van der Waals surface area (Å²) in [6.45, 7) is 2.02. The van der Waals surface area contributed by atoms with Gasteiger partial charge in [0.25, 0.3) is 0 Å². The number of nitrogens with one attached hydrogen (secondary N) is 3. The molecule has 3 N–H and O–H groups in total. The molecule has 2 fully saturated rings. The Hall–Kier alpha value is -0.940. The molecule has 5 nitrogen and oxygen atoms in total. The maximum atomic E-state index is 4.19. The van der Waals surface area contributed by atoms with E-state index in [1.807, 2.05) is 0 Å². The number of hydrogen-bond donors (Lipinski definition) is 3. The van der Waals surface area contributed by atoms with Crippen molar-refractivity contribution < 1.29 is 0 Å². The van der Waals surface area contributed by atoms with E-state index in [-0.39, 0.29) is 0 Å². The van der Waals surface area contributed by atoms with Gasteiger partial charge in [0.1, 0.15) is 12.2 Å². The lowest BCUT2D eigenvalue weighted by molar-refractivity contribution is 0.180. The Kier molecular flexibility index (Phi) is 4.45. The molecule has 1 aromatic rings. The molecule has 1 aliphatic heterocycles. The fraction of sp³-hybridized carbons (Fsp3) is 0.857. The van der Waals surface area contributed by atoms with Gasteiger partial charge in [0.05, 0.1) is 6.54 Å². The Morgan fingerprint density at radius 1 is 1.16 bits per heavy atom. The number of nitrogens with zero attached hydrogens (tertiary/aromatic N) is 2. The first kappa shape index (κ1) is 13.1. The molecule has 3 rings (SSSR count). The normalized spacial score (nSPS) is 32.3. The van der Waals surface area contributed by atoms with Crippen molar-refractivity contribution >= 4 is 0 Å². The fourth-order valence-electron chi connectivity index (χ4n) is 3.68. The van der Waals surface area contributed by atoms with E-state index in [0.717, 1.165) is 24.3 Å². The number of hydrogen-bond acceptors (Lipinski definition) is 4. The van der Waals surface area contributed by atoms with Gasteiger partial charge in [-0.15, -0.1) is 0 Å². The molecule has 0 bridgehead atoms. The van der Waals surface area contributed by atoms with E-state index >= 15 is 0 Å². The highest BCUT2D eigenvalue weighted by Crippen LogP contribution is 2.30. The summed E-state index contributed by atoms with van der Waals surface area (Å²) in [4.78, 5) is 4.19. The van der Waals surface area contributed by atoms with E-state index < -0.39 is 0 Å². The third-order valence-corrected chi connectivity index (χ3v) is 4.68. The lowest BCUT2D eigenvalue weighted by atomic mass is 9.77. The van der Waals surface area contributed by atoms with Crippen molar-refractivity contribution in [2.75, 3.05) is 6.54 Å². The minimum absolute atomic E-state index is 0.634. The van der Waals surface area contributed by atoms with Crippen LogP contribution in [0.25, 0.3) is 0 Å². The quantitative estimate of drug-likeness (QED) is 0.772. The molecule has 2 aliphatic rings. The number of aromatic nitrogens is 3. The first-order chi connectivity index (χ1) is 9.43. The average molecular weight is 263 g/mol. The van der Waals surface area contributed by atoms with Gasteiger partial charge < -0.3 is 10.6 Å². The Morgan fingerprint density at radius 2 is 2.05 bits per heavy atom. The zero-order valence-electron chi connectivity index (χ0n) is 11.6. The monoisotopic (exact) mass is 263 g/mol. The molecular formula is C14H25N5. The molecule has 0 radical (unpaired) electrons. The van der Waals surface area contributed by atoms with Gasteiger partial charge >= 0.3 is 0 Å². The van der Waals surface area contributed by atoms with Crippen LogP contribution in [0.1, 0.15) is 50.8 Å². The van der Waals surface area contributed by atoms with Crippen LogP contribution in [-0.4, -0.2) is 33.8 Å². The van der Waals surface area contributed by atoms with E-state index in [1.54, 1.807) is 6.33 Å². The van der Waals surface area contributed by atoms with Crippen LogP contribution in [0.5, 0.6) is 0 Å². The summed E-state index contributed by atoms with van der Waals surface area (Å²) in [6, 6.07) is 1.36. The molecule has 0 spiro atoms. The molecule has 0 aromatic carbocycles. The molecular weight excluding hydrogens is 238 g/mol. The third-order valence-electron chi connectivity index (χ3n) is 4.68. The predicted molar refractivity (Wildman–Crippen MR) is 74.6 cm³/mol. The van der Waals surface area contributed by atoms with E-state index in [2.05, 4.69) is 25.8 Å². The van der Waals surface area contributed by atoms with Gasteiger partial charge in [0.15, 0.2) is 0 Å². The van der Waals surface area contributed by atoms with Gasteiger partial charge in [0.2, 0.25) is 0 Å². The zero-order chi connectivity index (χ0) is 12.9. The summed E-state index contributed by atoms with van der Waals surface area (Å²) in [7, 11) is 0. The van der Waals surface area contributed by atoms with Gasteiger partial charge in [-0.3, -0.25) is 5.10 Å². The maximum absolute atomic E-state index is 4.19. The van der Waals surface area contributed by atoms with Crippen LogP contribution in [0, 0.1) is 5.92 Å². The molecule has 5 heteroatoms. The van der Waals surface area contributed by atoms with Crippen molar-refractivity contribution in [2.24, 2.45) is 5.92 Å². The first-order valence-electron chi connectivity index (χ1n) is 7.74. The van der Waals surface area contributed by atoms with Crippen molar-refractivity contribution in [1.29, 1.82) is 0 Å². The molecule has 1 aromatic heterocycles. The summed E-state index contributed by atoms with van der Waals surface area (Å²) in [5.41, 5.74) is 0. The lowest BCUT2D eigenvalue weighted by Crippen LogP contribution is -2.50. The summed E-state index contributed by atoms with van der Waals surface area (Å²) >= 11 is 0. The highest BCUT2D eigenvalue weighted by atomic mass is 15.2.